The molecule has 32 heavy (non-hydrogen) atoms. The van der Waals surface area contributed by atoms with Crippen LogP contribution < -0.4 is 5.73 Å². The second kappa shape index (κ2) is 8.01. The predicted molar refractivity (Wildman–Crippen MR) is 113 cm³/mol. The molecular formula is C23H30F4N4O. The van der Waals surface area contributed by atoms with Gasteiger partial charge in [-0.3, -0.25) is 0 Å². The van der Waals surface area contributed by atoms with Crippen LogP contribution in [-0.4, -0.2) is 25.3 Å². The van der Waals surface area contributed by atoms with Crippen molar-refractivity contribution in [3.63, 3.8) is 0 Å². The number of hydrogen-bond donors (Lipinski definition) is 2. The van der Waals surface area contributed by atoms with Gasteiger partial charge in [0.05, 0.1) is 11.3 Å². The zero-order valence-electron chi connectivity index (χ0n) is 18.4. The molecule has 3 saturated carbocycles. The number of anilines is 1. The van der Waals surface area contributed by atoms with Crippen LogP contribution in [0.5, 0.6) is 0 Å². The van der Waals surface area contributed by atoms with Crippen molar-refractivity contribution >= 4 is 5.82 Å². The second-order valence-electron chi connectivity index (χ2n) is 10.0. The first-order valence-electron chi connectivity index (χ1n) is 11.2. The maximum Gasteiger partial charge on any atom is 0.419 e. The molecule has 3 aliphatic rings. The van der Waals surface area contributed by atoms with Crippen molar-refractivity contribution in [2.24, 2.45) is 11.3 Å². The fourth-order valence-electron chi connectivity index (χ4n) is 5.21. The number of hydrogen-bond acceptors (Lipinski definition) is 4. The Hall–Kier alpha value is -2.16. The minimum Gasteiger partial charge on any atom is -0.385 e. The van der Waals surface area contributed by atoms with Gasteiger partial charge in [-0.15, -0.1) is 0 Å². The van der Waals surface area contributed by atoms with Gasteiger partial charge in [0.25, 0.3) is 0 Å². The molecule has 2 aromatic rings. The molecular weight excluding hydrogens is 424 g/mol. The minimum atomic E-state index is -4.61. The van der Waals surface area contributed by atoms with Gasteiger partial charge in [-0.05, 0) is 49.5 Å². The Bertz CT molecular complexity index is 965. The summed E-state index contributed by atoms with van der Waals surface area (Å²) in [5.41, 5.74) is 4.31. The second-order valence-corrected chi connectivity index (χ2v) is 10.0. The number of aliphatic hydroxyl groups excluding tert-OH is 1. The Morgan fingerprint density at radius 1 is 1.19 bits per heavy atom. The van der Waals surface area contributed by atoms with Crippen molar-refractivity contribution in [1.29, 1.82) is 0 Å². The van der Waals surface area contributed by atoms with Crippen molar-refractivity contribution in [3.8, 4) is 11.3 Å². The number of rotatable bonds is 9. The molecule has 5 nitrogen and oxygen atoms in total. The summed E-state index contributed by atoms with van der Waals surface area (Å²) < 4.78 is 55.2. The summed E-state index contributed by atoms with van der Waals surface area (Å²) >= 11 is 0. The standard InChI is InChI=1S/C23H30F4N4O/c1-14(2)18(32)20-30-17(15-8-16(23(25,26)27)19(28)29-9-15)10-31(20)7-5-3-4-6-21-11-22(24,12-21)13-21/h8-10,14,18,32H,3-7,11-13H2,1-2H3,(H2,28,29). The summed E-state index contributed by atoms with van der Waals surface area (Å²) in [4.78, 5) is 8.14. The molecule has 2 bridgehead atoms. The Morgan fingerprint density at radius 3 is 2.47 bits per heavy atom. The molecule has 0 saturated heterocycles. The van der Waals surface area contributed by atoms with Gasteiger partial charge < -0.3 is 15.4 Å². The first-order valence-corrected chi connectivity index (χ1v) is 11.2. The quantitative estimate of drug-likeness (QED) is 0.377. The number of aryl methyl sites for hydroxylation is 1. The summed E-state index contributed by atoms with van der Waals surface area (Å²) in [6.07, 6.45) is 3.51. The first kappa shape index (κ1) is 23.0. The lowest BCUT2D eigenvalue weighted by Crippen LogP contribution is -2.64. The molecule has 0 spiro atoms. The Kier molecular flexibility index (Phi) is 5.76. The molecule has 0 aromatic carbocycles. The van der Waals surface area contributed by atoms with Gasteiger partial charge in [0.1, 0.15) is 23.4 Å². The van der Waals surface area contributed by atoms with Crippen LogP contribution in [0.15, 0.2) is 18.5 Å². The summed E-state index contributed by atoms with van der Waals surface area (Å²) in [6.45, 7) is 4.31. The van der Waals surface area contributed by atoms with Crippen molar-refractivity contribution < 1.29 is 22.7 Å². The number of aliphatic hydroxyl groups is 1. The fourth-order valence-corrected chi connectivity index (χ4v) is 5.21. The Labute approximate surface area is 185 Å². The average Bonchev–Trinajstić information content (AvgIpc) is 3.08. The van der Waals surface area contributed by atoms with Gasteiger partial charge in [-0.25, -0.2) is 14.4 Å². The lowest BCUT2D eigenvalue weighted by Gasteiger charge is -2.66. The first-order chi connectivity index (χ1) is 14.9. The maximum absolute atomic E-state index is 13.6. The van der Waals surface area contributed by atoms with Crippen molar-refractivity contribution in [2.45, 2.75) is 83.3 Å². The number of aromatic nitrogens is 3. The third-order valence-corrected chi connectivity index (χ3v) is 6.90. The van der Waals surface area contributed by atoms with E-state index in [0.717, 1.165) is 31.7 Å². The highest BCUT2D eigenvalue weighted by atomic mass is 19.4. The number of nitrogen functional groups attached to an aromatic ring is 1. The number of alkyl halides is 4. The predicted octanol–water partition coefficient (Wildman–Crippen LogP) is 5.69. The monoisotopic (exact) mass is 454 g/mol. The molecule has 9 heteroatoms. The summed E-state index contributed by atoms with van der Waals surface area (Å²) in [5.74, 6) is -0.249. The number of imidazole rings is 1. The molecule has 3 fully saturated rings. The molecule has 0 radical (unpaired) electrons. The van der Waals surface area contributed by atoms with Crippen LogP contribution >= 0.6 is 0 Å². The van der Waals surface area contributed by atoms with E-state index >= 15 is 0 Å². The van der Waals surface area contributed by atoms with E-state index < -0.39 is 29.3 Å². The topological polar surface area (TPSA) is 77.0 Å². The fraction of sp³-hybridized carbons (Fsp3) is 0.652. The van der Waals surface area contributed by atoms with Crippen LogP contribution in [0.25, 0.3) is 11.3 Å². The van der Waals surface area contributed by atoms with Crippen LogP contribution in [0.4, 0.5) is 23.4 Å². The van der Waals surface area contributed by atoms with Gasteiger partial charge in [-0.1, -0.05) is 26.7 Å². The van der Waals surface area contributed by atoms with Gasteiger partial charge in [0.15, 0.2) is 0 Å². The molecule has 3 N–H and O–H groups in total. The smallest absolute Gasteiger partial charge is 0.385 e. The van der Waals surface area contributed by atoms with E-state index in [1.165, 1.54) is 6.20 Å². The molecule has 2 heterocycles. The number of pyridine rings is 1. The van der Waals surface area contributed by atoms with Crippen LogP contribution in [0, 0.1) is 11.3 Å². The van der Waals surface area contributed by atoms with E-state index in [2.05, 4.69) is 9.97 Å². The largest absolute Gasteiger partial charge is 0.419 e. The Morgan fingerprint density at radius 2 is 1.88 bits per heavy atom. The van der Waals surface area contributed by atoms with E-state index in [1.54, 1.807) is 6.20 Å². The summed E-state index contributed by atoms with van der Waals surface area (Å²) in [7, 11) is 0. The lowest BCUT2D eigenvalue weighted by molar-refractivity contribution is -0.217. The third kappa shape index (κ3) is 4.36. The zero-order chi connectivity index (χ0) is 23.3. The summed E-state index contributed by atoms with van der Waals surface area (Å²) in [5, 5.41) is 10.6. The molecule has 0 amide bonds. The van der Waals surface area contributed by atoms with Crippen LogP contribution in [0.3, 0.4) is 0 Å². The van der Waals surface area contributed by atoms with Gasteiger partial charge in [0.2, 0.25) is 0 Å². The van der Waals surface area contributed by atoms with Gasteiger partial charge in [-0.2, -0.15) is 13.2 Å². The van der Waals surface area contributed by atoms with Crippen molar-refractivity contribution in [2.75, 3.05) is 5.73 Å². The lowest BCUT2D eigenvalue weighted by atomic mass is 9.41. The average molecular weight is 455 g/mol. The van der Waals surface area contributed by atoms with Crippen LogP contribution in [0.2, 0.25) is 0 Å². The molecule has 5 rings (SSSR count). The normalized spacial score (nSPS) is 25.5. The molecule has 1 atom stereocenters. The molecule has 0 aliphatic heterocycles. The van der Waals surface area contributed by atoms with E-state index in [4.69, 9.17) is 5.73 Å². The Balaban J connectivity index is 1.45. The number of halogens is 4. The van der Waals surface area contributed by atoms with Crippen LogP contribution in [0.1, 0.15) is 76.3 Å². The maximum atomic E-state index is 13.6. The SMILES string of the molecule is CC(C)C(O)c1nc(-c2cnc(N)c(C(F)(F)F)c2)cn1CCCCCC12CC(F)(C1)C2. The summed E-state index contributed by atoms with van der Waals surface area (Å²) in [6, 6.07) is 0.946. The van der Waals surface area contributed by atoms with Crippen molar-refractivity contribution in [1.82, 2.24) is 14.5 Å². The highest BCUT2D eigenvalue weighted by molar-refractivity contribution is 5.62. The third-order valence-electron chi connectivity index (χ3n) is 6.90. The zero-order valence-corrected chi connectivity index (χ0v) is 18.4. The van der Waals surface area contributed by atoms with E-state index in [1.807, 2.05) is 18.4 Å². The van der Waals surface area contributed by atoms with E-state index in [0.29, 0.717) is 37.3 Å². The van der Waals surface area contributed by atoms with Gasteiger partial charge >= 0.3 is 6.18 Å². The number of unbranched alkanes of at least 4 members (excludes halogenated alkanes) is 2. The van der Waals surface area contributed by atoms with Gasteiger partial charge in [0, 0.05) is 24.5 Å². The van der Waals surface area contributed by atoms with E-state index in [-0.39, 0.29) is 16.9 Å². The molecule has 3 aliphatic carbocycles. The molecule has 2 aromatic heterocycles. The molecule has 1 unspecified atom stereocenters. The van der Waals surface area contributed by atoms with E-state index in [9.17, 15) is 22.7 Å². The molecule has 176 valence electrons. The minimum absolute atomic E-state index is 0.100. The number of nitrogens with two attached hydrogens (primary N) is 1. The van der Waals surface area contributed by atoms with Crippen molar-refractivity contribution in [3.05, 3.63) is 29.8 Å². The van der Waals surface area contributed by atoms with Crippen LogP contribution in [-0.2, 0) is 12.7 Å². The highest BCUT2D eigenvalue weighted by Gasteiger charge is 2.68. The highest BCUT2D eigenvalue weighted by Crippen LogP contribution is 2.71. The number of nitrogens with zero attached hydrogens (tertiary/aromatic N) is 3.